The van der Waals surface area contributed by atoms with Crippen LogP contribution < -0.4 is 14.4 Å². The molecule has 44 heavy (non-hydrogen) atoms. The standard InChI is InChI=1S/C34H38BrN3O5S/c1-41-23-4-18-37-21-19-36(20-22-37)17-2-3-24-42-29-15-9-28(10-16-29)38-33(39)32(44-34(38)40)25-26-5-11-30(12-6-26)43-31-13-7-27(35)8-14-31/h5-16,25H,2-4,17-24H2,1H3. The molecule has 0 atom stereocenters. The number of imide groups is 1. The Kier molecular flexibility index (Phi) is 11.9. The van der Waals surface area contributed by atoms with Crippen molar-refractivity contribution in [2.45, 2.75) is 19.3 Å². The van der Waals surface area contributed by atoms with Gasteiger partial charge in [-0.2, -0.15) is 0 Å². The van der Waals surface area contributed by atoms with E-state index in [9.17, 15) is 9.59 Å². The number of methoxy groups -OCH3 is 1. The van der Waals surface area contributed by atoms with Crippen LogP contribution in [0.2, 0.25) is 0 Å². The lowest BCUT2D eigenvalue weighted by molar-refractivity contribution is -0.113. The first-order valence-electron chi connectivity index (χ1n) is 15.0. The Morgan fingerprint density at radius 2 is 1.34 bits per heavy atom. The van der Waals surface area contributed by atoms with Gasteiger partial charge in [-0.05, 0) is 110 Å². The fourth-order valence-electron chi connectivity index (χ4n) is 5.10. The summed E-state index contributed by atoms with van der Waals surface area (Å²) in [6, 6.07) is 22.1. The predicted octanol–water partition coefficient (Wildman–Crippen LogP) is 7.30. The molecule has 3 aromatic rings. The molecule has 0 spiro atoms. The molecule has 0 unspecified atom stereocenters. The summed E-state index contributed by atoms with van der Waals surface area (Å²) in [5, 5.41) is -0.319. The highest BCUT2D eigenvalue weighted by Crippen LogP contribution is 2.36. The number of carbonyl (C=O) groups is 2. The van der Waals surface area contributed by atoms with E-state index in [0.29, 0.717) is 22.9 Å². The van der Waals surface area contributed by atoms with Gasteiger partial charge in [0.25, 0.3) is 11.1 Å². The Morgan fingerprint density at radius 1 is 0.750 bits per heavy atom. The lowest BCUT2D eigenvalue weighted by Gasteiger charge is -2.34. The molecule has 0 aliphatic carbocycles. The minimum Gasteiger partial charge on any atom is -0.494 e. The molecule has 0 saturated carbocycles. The number of ether oxygens (including phenoxy) is 3. The van der Waals surface area contributed by atoms with Crippen molar-refractivity contribution in [1.82, 2.24) is 9.80 Å². The van der Waals surface area contributed by atoms with E-state index in [0.717, 1.165) is 98.4 Å². The number of piperazine rings is 1. The quantitative estimate of drug-likeness (QED) is 0.130. The van der Waals surface area contributed by atoms with Gasteiger partial charge in [0.15, 0.2) is 0 Å². The molecule has 5 rings (SSSR count). The summed E-state index contributed by atoms with van der Waals surface area (Å²) in [5.74, 6) is 1.81. The summed E-state index contributed by atoms with van der Waals surface area (Å²) >= 11 is 4.35. The highest BCUT2D eigenvalue weighted by atomic mass is 79.9. The molecule has 2 aliphatic heterocycles. The lowest BCUT2D eigenvalue weighted by Crippen LogP contribution is -2.46. The molecule has 3 aromatic carbocycles. The summed E-state index contributed by atoms with van der Waals surface area (Å²) in [5.41, 5.74) is 1.34. The molecule has 2 saturated heterocycles. The molecule has 8 nitrogen and oxygen atoms in total. The van der Waals surface area contributed by atoms with Gasteiger partial charge >= 0.3 is 0 Å². The van der Waals surface area contributed by atoms with Crippen LogP contribution in [0.3, 0.4) is 0 Å². The van der Waals surface area contributed by atoms with E-state index in [1.54, 1.807) is 25.3 Å². The zero-order valence-electron chi connectivity index (χ0n) is 25.0. The molecule has 2 fully saturated rings. The second-order valence-electron chi connectivity index (χ2n) is 10.7. The van der Waals surface area contributed by atoms with Crippen molar-refractivity contribution in [3.05, 3.63) is 87.7 Å². The van der Waals surface area contributed by atoms with Crippen LogP contribution in [-0.2, 0) is 9.53 Å². The van der Waals surface area contributed by atoms with Gasteiger partial charge in [-0.25, -0.2) is 4.90 Å². The van der Waals surface area contributed by atoms with Crippen molar-refractivity contribution in [3.63, 3.8) is 0 Å². The van der Waals surface area contributed by atoms with Crippen LogP contribution >= 0.6 is 27.7 Å². The summed E-state index contributed by atoms with van der Waals surface area (Å²) < 4.78 is 17.9. The number of hydrogen-bond acceptors (Lipinski definition) is 8. The highest BCUT2D eigenvalue weighted by Gasteiger charge is 2.36. The SMILES string of the molecule is COCCCN1CCN(CCCCOc2ccc(N3C(=O)SC(=Cc4ccc(Oc5ccc(Br)cc5)cc4)C3=O)cc2)CC1. The number of hydrogen-bond donors (Lipinski definition) is 0. The molecule has 232 valence electrons. The van der Waals surface area contributed by atoms with E-state index in [4.69, 9.17) is 14.2 Å². The zero-order chi connectivity index (χ0) is 30.7. The second-order valence-corrected chi connectivity index (χ2v) is 12.6. The largest absolute Gasteiger partial charge is 0.494 e. The van der Waals surface area contributed by atoms with E-state index >= 15 is 0 Å². The van der Waals surface area contributed by atoms with Crippen LogP contribution in [0.15, 0.2) is 82.2 Å². The van der Waals surface area contributed by atoms with Crippen molar-refractivity contribution in [2.75, 3.05) is 64.5 Å². The third kappa shape index (κ3) is 9.18. The predicted molar refractivity (Wildman–Crippen MR) is 180 cm³/mol. The molecule has 2 aliphatic rings. The van der Waals surface area contributed by atoms with Crippen LogP contribution in [-0.4, -0.2) is 80.5 Å². The number of amides is 2. The van der Waals surface area contributed by atoms with Gasteiger partial charge in [-0.3, -0.25) is 9.59 Å². The first-order chi connectivity index (χ1) is 21.5. The van der Waals surface area contributed by atoms with Gasteiger partial charge in [0.05, 0.1) is 17.2 Å². The number of carbonyl (C=O) groups excluding carboxylic acids is 2. The van der Waals surface area contributed by atoms with E-state index in [-0.39, 0.29) is 11.1 Å². The Labute approximate surface area is 272 Å². The first kappa shape index (κ1) is 32.2. The van der Waals surface area contributed by atoms with E-state index in [2.05, 4.69) is 25.7 Å². The molecular formula is C34H38BrN3O5S. The van der Waals surface area contributed by atoms with Crippen molar-refractivity contribution in [1.29, 1.82) is 0 Å². The van der Waals surface area contributed by atoms with Crippen molar-refractivity contribution in [3.8, 4) is 17.2 Å². The normalized spacial score (nSPS) is 17.0. The van der Waals surface area contributed by atoms with Crippen LogP contribution in [0, 0.1) is 0 Å². The third-order valence-corrected chi connectivity index (χ3v) is 8.94. The molecule has 0 aromatic heterocycles. The fourth-order valence-corrected chi connectivity index (χ4v) is 6.21. The highest BCUT2D eigenvalue weighted by molar-refractivity contribution is 9.10. The number of rotatable bonds is 14. The fraction of sp³-hybridized carbons (Fsp3) is 0.353. The molecule has 2 heterocycles. The molecule has 0 N–H and O–H groups in total. The number of benzene rings is 3. The minimum absolute atomic E-state index is 0.319. The van der Waals surface area contributed by atoms with Gasteiger partial charge < -0.3 is 24.0 Å². The van der Waals surface area contributed by atoms with Crippen LogP contribution in [0.25, 0.3) is 6.08 Å². The molecule has 2 amide bonds. The van der Waals surface area contributed by atoms with Crippen LogP contribution in [0.4, 0.5) is 10.5 Å². The maximum Gasteiger partial charge on any atom is 0.298 e. The Balaban J connectivity index is 1.05. The topological polar surface area (TPSA) is 71.6 Å². The average molecular weight is 681 g/mol. The van der Waals surface area contributed by atoms with E-state index in [1.807, 2.05) is 60.7 Å². The number of halogens is 1. The summed E-state index contributed by atoms with van der Waals surface area (Å²) in [4.78, 5) is 32.5. The van der Waals surface area contributed by atoms with Gasteiger partial charge in [0, 0.05) is 50.9 Å². The third-order valence-electron chi connectivity index (χ3n) is 7.54. The van der Waals surface area contributed by atoms with E-state index in [1.165, 1.54) is 4.90 Å². The van der Waals surface area contributed by atoms with Gasteiger partial charge in [-0.1, -0.05) is 28.1 Å². The van der Waals surface area contributed by atoms with Gasteiger partial charge in [-0.15, -0.1) is 0 Å². The summed E-state index contributed by atoms with van der Waals surface area (Å²) in [7, 11) is 1.76. The van der Waals surface area contributed by atoms with Crippen LogP contribution in [0.5, 0.6) is 17.2 Å². The smallest absolute Gasteiger partial charge is 0.298 e. The Morgan fingerprint density at radius 3 is 1.98 bits per heavy atom. The summed E-state index contributed by atoms with van der Waals surface area (Å²) in [6.45, 7) is 8.15. The van der Waals surface area contributed by atoms with Crippen molar-refractivity contribution in [2.24, 2.45) is 0 Å². The number of thioether (sulfide) groups is 1. The zero-order valence-corrected chi connectivity index (χ0v) is 27.4. The second kappa shape index (κ2) is 16.2. The van der Waals surface area contributed by atoms with Crippen LogP contribution in [0.1, 0.15) is 24.8 Å². The number of anilines is 1. The van der Waals surface area contributed by atoms with Gasteiger partial charge in [0.1, 0.15) is 17.2 Å². The number of unbranched alkanes of at least 4 members (excludes halogenated alkanes) is 1. The Bertz CT molecular complexity index is 1410. The maximum absolute atomic E-state index is 13.1. The van der Waals surface area contributed by atoms with Crippen molar-refractivity contribution >= 4 is 50.6 Å². The first-order valence-corrected chi connectivity index (χ1v) is 16.6. The van der Waals surface area contributed by atoms with Crippen molar-refractivity contribution < 1.29 is 23.8 Å². The van der Waals surface area contributed by atoms with E-state index < -0.39 is 0 Å². The number of nitrogens with zero attached hydrogens (tertiary/aromatic N) is 3. The Hall–Kier alpha value is -3.15. The maximum atomic E-state index is 13.1. The summed E-state index contributed by atoms with van der Waals surface area (Å²) in [6.07, 6.45) is 4.89. The van der Waals surface area contributed by atoms with Gasteiger partial charge in [0.2, 0.25) is 0 Å². The molecular weight excluding hydrogens is 642 g/mol. The molecule has 10 heteroatoms. The lowest BCUT2D eigenvalue weighted by atomic mass is 10.2. The molecule has 0 bridgehead atoms. The monoisotopic (exact) mass is 679 g/mol. The minimum atomic E-state index is -0.334. The molecule has 0 radical (unpaired) electrons. The average Bonchev–Trinajstić information content (AvgIpc) is 3.32.